The summed E-state index contributed by atoms with van der Waals surface area (Å²) in [6, 6.07) is -1.53. The molecule has 4 N–H and O–H groups in total. The van der Waals surface area contributed by atoms with Gasteiger partial charge in [0.25, 0.3) is 0 Å². The molecule has 0 aromatic rings. The summed E-state index contributed by atoms with van der Waals surface area (Å²) in [5.74, 6) is -2.62. The van der Waals surface area contributed by atoms with Crippen molar-refractivity contribution >= 4 is 25.7 Å². The molecule has 0 aromatic carbocycles. The van der Waals surface area contributed by atoms with Crippen molar-refractivity contribution in [2.45, 2.75) is 251 Å². The van der Waals surface area contributed by atoms with Crippen LogP contribution in [0.1, 0.15) is 239 Å². The zero-order valence-corrected chi connectivity index (χ0v) is 39.9. The first-order valence-corrected chi connectivity index (χ1v) is 26.4. The van der Waals surface area contributed by atoms with Gasteiger partial charge in [0.2, 0.25) is 0 Å². The van der Waals surface area contributed by atoms with Crippen molar-refractivity contribution in [3.63, 3.8) is 0 Å². The van der Waals surface area contributed by atoms with Gasteiger partial charge in [0.1, 0.15) is 12.6 Å². The summed E-state index contributed by atoms with van der Waals surface area (Å²) >= 11 is 0. The molecule has 61 heavy (non-hydrogen) atoms. The van der Waals surface area contributed by atoms with Crippen molar-refractivity contribution < 1.29 is 47.5 Å². The summed E-state index contributed by atoms with van der Waals surface area (Å²) in [5, 5.41) is 8.90. The first kappa shape index (κ1) is 59.0. The third-order valence-electron chi connectivity index (χ3n) is 11.1. The van der Waals surface area contributed by atoms with E-state index in [-0.39, 0.29) is 6.42 Å². The number of allylic oxidation sites excluding steroid dienone is 3. The molecule has 0 amide bonds. The van der Waals surface area contributed by atoms with Crippen LogP contribution in [-0.2, 0) is 37.5 Å². The molecular weight excluding hydrogens is 794 g/mol. The number of aliphatic carboxylic acids is 1. The first-order valence-electron chi connectivity index (χ1n) is 24.9. The maximum atomic E-state index is 12.7. The second-order valence-corrected chi connectivity index (χ2v) is 18.5. The SMILES string of the molecule is CCCCCCCCCCCCC/C=C/C=C/C(=O)OC[C@@H](COP(=O)(O)OC[C@H](N)C(=O)O)OC(=O)CCCCCCCCCCCCCCCCCCCCCCCC. The van der Waals surface area contributed by atoms with Crippen molar-refractivity contribution in [2.24, 2.45) is 5.73 Å². The fourth-order valence-corrected chi connectivity index (χ4v) is 7.94. The number of carboxylic acid groups (broad SMARTS) is 1. The predicted molar refractivity (Wildman–Crippen MR) is 249 cm³/mol. The Labute approximate surface area is 372 Å². The lowest BCUT2D eigenvalue weighted by atomic mass is 10.0. The fraction of sp³-hybridized carbons (Fsp3) is 0.857. The van der Waals surface area contributed by atoms with Gasteiger partial charge >= 0.3 is 25.7 Å². The van der Waals surface area contributed by atoms with Gasteiger partial charge in [-0.2, -0.15) is 0 Å². The number of phosphoric ester groups is 1. The third-order valence-corrected chi connectivity index (χ3v) is 12.0. The van der Waals surface area contributed by atoms with Crippen LogP contribution in [0.3, 0.4) is 0 Å². The second-order valence-electron chi connectivity index (χ2n) is 17.0. The van der Waals surface area contributed by atoms with E-state index in [1.807, 2.05) is 6.08 Å². The molecule has 0 aliphatic carbocycles. The van der Waals surface area contributed by atoms with Crippen LogP contribution in [-0.4, -0.2) is 59.9 Å². The average Bonchev–Trinajstić information content (AvgIpc) is 3.24. The van der Waals surface area contributed by atoms with Crippen LogP contribution in [0.15, 0.2) is 24.3 Å². The number of unbranched alkanes of at least 4 members (excludes halogenated alkanes) is 32. The summed E-state index contributed by atoms with van der Waals surface area (Å²) in [4.78, 5) is 46.0. The Bertz CT molecular complexity index is 1130. The number of carbonyl (C=O) groups excluding carboxylic acids is 2. The number of rotatable bonds is 47. The van der Waals surface area contributed by atoms with Gasteiger partial charge in [-0.3, -0.25) is 18.6 Å². The molecule has 0 heterocycles. The van der Waals surface area contributed by atoms with E-state index in [9.17, 15) is 23.8 Å². The zero-order chi connectivity index (χ0) is 44.9. The normalized spacial score (nSPS) is 13.8. The molecule has 1 unspecified atom stereocenters. The van der Waals surface area contributed by atoms with Crippen LogP contribution in [0, 0.1) is 0 Å². The molecule has 3 atom stereocenters. The lowest BCUT2D eigenvalue weighted by Crippen LogP contribution is -2.34. The Balaban J connectivity index is 4.28. The smallest absolute Gasteiger partial charge is 0.472 e. The predicted octanol–water partition coefficient (Wildman–Crippen LogP) is 13.8. The quantitative estimate of drug-likeness (QED) is 0.0175. The van der Waals surface area contributed by atoms with E-state index in [1.165, 1.54) is 186 Å². The highest BCUT2D eigenvalue weighted by molar-refractivity contribution is 7.47. The van der Waals surface area contributed by atoms with E-state index >= 15 is 0 Å². The number of nitrogens with two attached hydrogens (primary N) is 1. The van der Waals surface area contributed by atoms with Crippen LogP contribution in [0.25, 0.3) is 0 Å². The monoisotopic (exact) mass is 886 g/mol. The van der Waals surface area contributed by atoms with E-state index in [0.717, 1.165) is 32.1 Å². The van der Waals surface area contributed by atoms with Crippen LogP contribution in [0.4, 0.5) is 0 Å². The molecule has 0 spiro atoms. The summed E-state index contributed by atoms with van der Waals surface area (Å²) in [6.07, 6.45) is 48.8. The van der Waals surface area contributed by atoms with Gasteiger partial charge in [-0.25, -0.2) is 9.36 Å². The molecule has 11 nitrogen and oxygen atoms in total. The van der Waals surface area contributed by atoms with Gasteiger partial charge in [-0.1, -0.05) is 231 Å². The van der Waals surface area contributed by atoms with Crippen molar-refractivity contribution in [3.8, 4) is 0 Å². The zero-order valence-electron chi connectivity index (χ0n) is 39.0. The van der Waals surface area contributed by atoms with Gasteiger partial charge in [-0.05, 0) is 19.3 Å². The molecular formula is C49H92NO10P. The minimum absolute atomic E-state index is 0.147. The molecule has 0 rings (SSSR count). The van der Waals surface area contributed by atoms with E-state index in [0.29, 0.717) is 6.42 Å². The number of ether oxygens (including phenoxy) is 2. The van der Waals surface area contributed by atoms with E-state index < -0.39 is 57.7 Å². The van der Waals surface area contributed by atoms with Crippen LogP contribution in [0.2, 0.25) is 0 Å². The average molecular weight is 886 g/mol. The molecule has 0 fully saturated rings. The van der Waals surface area contributed by atoms with Crippen molar-refractivity contribution in [3.05, 3.63) is 24.3 Å². The summed E-state index contributed by atoms with van der Waals surface area (Å²) < 4.78 is 32.6. The van der Waals surface area contributed by atoms with Gasteiger partial charge < -0.3 is 25.2 Å². The van der Waals surface area contributed by atoms with Crippen LogP contribution >= 0.6 is 7.82 Å². The molecule has 0 radical (unpaired) electrons. The van der Waals surface area contributed by atoms with Crippen molar-refractivity contribution in [1.82, 2.24) is 0 Å². The van der Waals surface area contributed by atoms with Crippen molar-refractivity contribution in [1.29, 1.82) is 0 Å². The number of hydrogen-bond acceptors (Lipinski definition) is 9. The summed E-state index contributed by atoms with van der Waals surface area (Å²) in [7, 11) is -4.74. The molecule has 0 aromatic heterocycles. The second kappa shape index (κ2) is 44.6. The summed E-state index contributed by atoms with van der Waals surface area (Å²) in [6.45, 7) is 2.73. The molecule has 0 saturated heterocycles. The molecule has 0 bridgehead atoms. The highest BCUT2D eigenvalue weighted by Gasteiger charge is 2.28. The van der Waals surface area contributed by atoms with Gasteiger partial charge in [0.15, 0.2) is 6.10 Å². The minimum atomic E-state index is -4.74. The highest BCUT2D eigenvalue weighted by atomic mass is 31.2. The molecule has 0 aliphatic rings. The highest BCUT2D eigenvalue weighted by Crippen LogP contribution is 2.43. The Hall–Kier alpha value is -2.04. The van der Waals surface area contributed by atoms with Gasteiger partial charge in [0.05, 0.1) is 13.2 Å². The lowest BCUT2D eigenvalue weighted by molar-refractivity contribution is -0.159. The number of hydrogen-bond donors (Lipinski definition) is 3. The number of carboxylic acids is 1. The Morgan fingerprint density at radius 3 is 1.33 bits per heavy atom. The fourth-order valence-electron chi connectivity index (χ4n) is 7.16. The summed E-state index contributed by atoms with van der Waals surface area (Å²) in [5.41, 5.74) is 5.34. The Morgan fingerprint density at radius 1 is 0.541 bits per heavy atom. The number of phosphoric acid groups is 1. The first-order chi connectivity index (χ1) is 29.6. The van der Waals surface area contributed by atoms with E-state index in [4.69, 9.17) is 24.8 Å². The van der Waals surface area contributed by atoms with Gasteiger partial charge in [-0.15, -0.1) is 0 Å². The molecule has 0 aliphatic heterocycles. The largest absolute Gasteiger partial charge is 0.480 e. The van der Waals surface area contributed by atoms with Gasteiger partial charge in [0, 0.05) is 12.5 Å². The Morgan fingerprint density at radius 2 is 0.918 bits per heavy atom. The Kier molecular flexibility index (Phi) is 43.1. The minimum Gasteiger partial charge on any atom is -0.480 e. The lowest BCUT2D eigenvalue weighted by Gasteiger charge is -2.20. The van der Waals surface area contributed by atoms with Crippen LogP contribution < -0.4 is 5.73 Å². The topological polar surface area (TPSA) is 172 Å². The number of carbonyl (C=O) groups is 3. The van der Waals surface area contributed by atoms with Crippen LogP contribution in [0.5, 0.6) is 0 Å². The van der Waals surface area contributed by atoms with Crippen molar-refractivity contribution in [2.75, 3.05) is 19.8 Å². The molecule has 358 valence electrons. The third kappa shape index (κ3) is 44.4. The van der Waals surface area contributed by atoms with E-state index in [1.54, 1.807) is 12.2 Å². The molecule has 12 heteroatoms. The maximum Gasteiger partial charge on any atom is 0.472 e. The molecule has 0 saturated carbocycles. The standard InChI is InChI=1S/C49H92NO10P/c1-3-5-7-9-11-13-15-17-19-20-21-22-23-24-25-27-29-31-33-35-37-39-41-48(52)60-45(43-58-61(55,56)59-44-46(50)49(53)54)42-57-47(51)40-38-36-34-32-30-28-26-18-16-14-12-10-8-6-4-2/h34,36,38,40,45-46H,3-33,35,37,39,41-44,50H2,1-2H3,(H,53,54)(H,55,56)/b36-34+,40-38+/t45-,46-/m0/s1. The number of esters is 2. The van der Waals surface area contributed by atoms with E-state index in [2.05, 4.69) is 18.4 Å². The maximum absolute atomic E-state index is 12.7.